The van der Waals surface area contributed by atoms with Crippen molar-refractivity contribution in [1.82, 2.24) is 14.6 Å². The number of fused-ring (bicyclic) bond motifs is 1. The molecule has 0 saturated carbocycles. The van der Waals surface area contributed by atoms with E-state index in [2.05, 4.69) is 10.1 Å². The van der Waals surface area contributed by atoms with E-state index in [0.29, 0.717) is 5.65 Å². The predicted molar refractivity (Wildman–Crippen MR) is 69.1 cm³/mol. The highest BCUT2D eigenvalue weighted by Crippen LogP contribution is 2.25. The van der Waals surface area contributed by atoms with Crippen LogP contribution in [0.3, 0.4) is 0 Å². The van der Waals surface area contributed by atoms with Gasteiger partial charge in [-0.1, -0.05) is 29.8 Å². The van der Waals surface area contributed by atoms with E-state index in [1.165, 1.54) is 5.56 Å². The van der Waals surface area contributed by atoms with E-state index in [-0.39, 0.29) is 6.61 Å². The van der Waals surface area contributed by atoms with Crippen LogP contribution in [0.2, 0.25) is 0 Å². The van der Waals surface area contributed by atoms with Gasteiger partial charge >= 0.3 is 0 Å². The molecule has 2 aromatic heterocycles. The summed E-state index contributed by atoms with van der Waals surface area (Å²) in [7, 11) is 0. The quantitative estimate of drug-likeness (QED) is 0.745. The van der Waals surface area contributed by atoms with E-state index in [1.807, 2.05) is 43.5 Å². The maximum absolute atomic E-state index is 9.53. The molecule has 90 valence electrons. The standard InChI is InChI=1S/C14H13N3O/c1-10-3-5-11(6-4-10)13-12(9-18)14-15-7-2-8-17(14)16-13/h2-8,18H,9H2,1H3. The molecule has 0 spiro atoms. The van der Waals surface area contributed by atoms with E-state index in [9.17, 15) is 5.11 Å². The van der Waals surface area contributed by atoms with Gasteiger partial charge in [-0.25, -0.2) is 9.50 Å². The van der Waals surface area contributed by atoms with Crippen molar-refractivity contribution in [2.45, 2.75) is 13.5 Å². The van der Waals surface area contributed by atoms with Crippen LogP contribution in [0.5, 0.6) is 0 Å². The molecule has 0 saturated heterocycles. The summed E-state index contributed by atoms with van der Waals surface area (Å²) in [5, 5.41) is 14.0. The molecule has 4 nitrogen and oxygen atoms in total. The smallest absolute Gasteiger partial charge is 0.161 e. The number of hydrogen-bond acceptors (Lipinski definition) is 3. The summed E-state index contributed by atoms with van der Waals surface area (Å²) < 4.78 is 1.70. The molecule has 4 heteroatoms. The first-order valence-corrected chi connectivity index (χ1v) is 5.80. The van der Waals surface area contributed by atoms with Gasteiger partial charge in [0.15, 0.2) is 5.65 Å². The maximum Gasteiger partial charge on any atom is 0.161 e. The molecule has 0 radical (unpaired) electrons. The van der Waals surface area contributed by atoms with Crippen molar-refractivity contribution in [3.05, 3.63) is 53.9 Å². The van der Waals surface area contributed by atoms with Crippen molar-refractivity contribution >= 4 is 5.65 Å². The average Bonchev–Trinajstić information content (AvgIpc) is 2.78. The van der Waals surface area contributed by atoms with Crippen LogP contribution in [-0.4, -0.2) is 19.7 Å². The molecule has 0 unspecified atom stereocenters. The van der Waals surface area contributed by atoms with Gasteiger partial charge in [0.1, 0.15) is 5.69 Å². The Bertz CT molecular complexity index is 686. The SMILES string of the molecule is Cc1ccc(-c2nn3cccnc3c2CO)cc1. The van der Waals surface area contributed by atoms with Crippen LogP contribution in [0.25, 0.3) is 16.9 Å². The molecule has 0 aliphatic rings. The van der Waals surface area contributed by atoms with Gasteiger partial charge in [-0.15, -0.1) is 0 Å². The number of rotatable bonds is 2. The third-order valence-electron chi connectivity index (χ3n) is 2.97. The fourth-order valence-corrected chi connectivity index (χ4v) is 2.02. The largest absolute Gasteiger partial charge is 0.391 e. The molecule has 1 N–H and O–H groups in total. The highest BCUT2D eigenvalue weighted by molar-refractivity contribution is 5.70. The Labute approximate surface area is 105 Å². The van der Waals surface area contributed by atoms with Crippen LogP contribution >= 0.6 is 0 Å². The molecule has 0 aliphatic carbocycles. The first-order valence-electron chi connectivity index (χ1n) is 5.80. The summed E-state index contributed by atoms with van der Waals surface area (Å²) in [5.74, 6) is 0. The third-order valence-corrected chi connectivity index (χ3v) is 2.97. The zero-order valence-electron chi connectivity index (χ0n) is 10.0. The Hall–Kier alpha value is -2.20. The van der Waals surface area contributed by atoms with Crippen LogP contribution in [0, 0.1) is 6.92 Å². The third kappa shape index (κ3) is 1.67. The zero-order valence-corrected chi connectivity index (χ0v) is 10.0. The van der Waals surface area contributed by atoms with Crippen LogP contribution in [0.4, 0.5) is 0 Å². The molecule has 2 heterocycles. The van der Waals surface area contributed by atoms with Crippen molar-refractivity contribution in [2.24, 2.45) is 0 Å². The number of hydrogen-bond donors (Lipinski definition) is 1. The van der Waals surface area contributed by atoms with Gasteiger partial charge < -0.3 is 5.11 Å². The van der Waals surface area contributed by atoms with E-state index >= 15 is 0 Å². The summed E-state index contributed by atoms with van der Waals surface area (Å²) in [6, 6.07) is 9.91. The number of aliphatic hydroxyl groups is 1. The van der Waals surface area contributed by atoms with Crippen molar-refractivity contribution in [2.75, 3.05) is 0 Å². The van der Waals surface area contributed by atoms with Crippen LogP contribution in [-0.2, 0) is 6.61 Å². The second-order valence-electron chi connectivity index (χ2n) is 4.24. The molecule has 0 bridgehead atoms. The minimum atomic E-state index is -0.0658. The lowest BCUT2D eigenvalue weighted by Crippen LogP contribution is -1.89. The van der Waals surface area contributed by atoms with Gasteiger partial charge in [-0.2, -0.15) is 5.10 Å². The number of aliphatic hydroxyl groups excluding tert-OH is 1. The maximum atomic E-state index is 9.53. The van der Waals surface area contributed by atoms with E-state index in [4.69, 9.17) is 0 Å². The molecular formula is C14H13N3O. The van der Waals surface area contributed by atoms with Gasteiger partial charge in [0.25, 0.3) is 0 Å². The van der Waals surface area contributed by atoms with E-state index < -0.39 is 0 Å². The van der Waals surface area contributed by atoms with Crippen LogP contribution < -0.4 is 0 Å². The molecule has 18 heavy (non-hydrogen) atoms. The Morgan fingerprint density at radius 1 is 1.22 bits per heavy atom. The summed E-state index contributed by atoms with van der Waals surface area (Å²) >= 11 is 0. The molecule has 0 aliphatic heterocycles. The van der Waals surface area contributed by atoms with Crippen LogP contribution in [0.15, 0.2) is 42.7 Å². The zero-order chi connectivity index (χ0) is 12.5. The molecule has 3 aromatic rings. The summed E-state index contributed by atoms with van der Waals surface area (Å²) in [6.07, 6.45) is 3.54. The monoisotopic (exact) mass is 239 g/mol. The lowest BCUT2D eigenvalue weighted by atomic mass is 10.1. The first kappa shape index (κ1) is 10.9. The Kier molecular flexibility index (Phi) is 2.57. The summed E-state index contributed by atoms with van der Waals surface area (Å²) in [6.45, 7) is 1.98. The Morgan fingerprint density at radius 3 is 2.72 bits per heavy atom. The van der Waals surface area contributed by atoms with Crippen molar-refractivity contribution in [3.63, 3.8) is 0 Å². The fraction of sp³-hybridized carbons (Fsp3) is 0.143. The first-order chi connectivity index (χ1) is 8.79. The van der Waals surface area contributed by atoms with E-state index in [0.717, 1.165) is 16.8 Å². The topological polar surface area (TPSA) is 50.4 Å². The number of nitrogens with zero attached hydrogens (tertiary/aromatic N) is 3. The Balaban J connectivity index is 2.25. The summed E-state index contributed by atoms with van der Waals surface area (Å²) in [5.41, 5.74) is 4.45. The van der Waals surface area contributed by atoms with Crippen LogP contribution in [0.1, 0.15) is 11.1 Å². The second-order valence-corrected chi connectivity index (χ2v) is 4.24. The average molecular weight is 239 g/mol. The van der Waals surface area contributed by atoms with Gasteiger partial charge in [0, 0.05) is 18.0 Å². The molecular weight excluding hydrogens is 226 g/mol. The molecule has 0 atom stereocenters. The fourth-order valence-electron chi connectivity index (χ4n) is 2.02. The normalized spacial score (nSPS) is 11.0. The van der Waals surface area contributed by atoms with Crippen molar-refractivity contribution in [3.8, 4) is 11.3 Å². The second kappa shape index (κ2) is 4.23. The molecule has 0 amide bonds. The highest BCUT2D eigenvalue weighted by atomic mass is 16.3. The molecule has 0 fully saturated rings. The minimum absolute atomic E-state index is 0.0658. The van der Waals surface area contributed by atoms with Gasteiger partial charge in [-0.05, 0) is 13.0 Å². The van der Waals surface area contributed by atoms with Crippen molar-refractivity contribution in [1.29, 1.82) is 0 Å². The Morgan fingerprint density at radius 2 is 2.00 bits per heavy atom. The van der Waals surface area contributed by atoms with Gasteiger partial charge in [0.2, 0.25) is 0 Å². The summed E-state index contributed by atoms with van der Waals surface area (Å²) in [4.78, 5) is 4.26. The predicted octanol–water partition coefficient (Wildman–Crippen LogP) is 2.20. The minimum Gasteiger partial charge on any atom is -0.391 e. The number of aryl methyl sites for hydroxylation is 1. The lowest BCUT2D eigenvalue weighted by molar-refractivity contribution is 0.283. The van der Waals surface area contributed by atoms with Gasteiger partial charge in [0.05, 0.1) is 12.2 Å². The van der Waals surface area contributed by atoms with E-state index in [1.54, 1.807) is 10.7 Å². The molecule has 1 aromatic carbocycles. The molecule has 3 rings (SSSR count). The highest BCUT2D eigenvalue weighted by Gasteiger charge is 2.13. The number of benzene rings is 1. The van der Waals surface area contributed by atoms with Gasteiger partial charge in [-0.3, -0.25) is 0 Å². The van der Waals surface area contributed by atoms with Crippen molar-refractivity contribution < 1.29 is 5.11 Å². The number of aromatic nitrogens is 3. The lowest BCUT2D eigenvalue weighted by Gasteiger charge is -2.00.